The van der Waals surface area contributed by atoms with Crippen molar-refractivity contribution < 1.29 is 0 Å². The van der Waals surface area contributed by atoms with Crippen LogP contribution in [0.1, 0.15) is 48.3 Å². The smallest absolute Gasteiger partial charge is 0.156 e. The Morgan fingerprint density at radius 2 is 2.12 bits per heavy atom. The summed E-state index contributed by atoms with van der Waals surface area (Å²) < 4.78 is 0. The quantitative estimate of drug-likeness (QED) is 0.911. The Kier molecular flexibility index (Phi) is 3.58. The van der Waals surface area contributed by atoms with Crippen molar-refractivity contribution in [3.05, 3.63) is 46.9 Å². The van der Waals surface area contributed by atoms with E-state index in [1.807, 2.05) is 6.21 Å². The number of hydrogen-bond acceptors (Lipinski definition) is 4. The normalized spacial score (nSPS) is 26.2. The molecule has 2 fully saturated rings. The Hall–Kier alpha value is -2.23. The third kappa shape index (κ3) is 2.84. The molecule has 4 heteroatoms. The SMILES string of the molecule is Cc1cccc(Cc2nc3c(c(NC4CC5CCC4C5)n2)N=CC3)c1. The summed E-state index contributed by atoms with van der Waals surface area (Å²) in [5.41, 5.74) is 4.59. The van der Waals surface area contributed by atoms with Crippen LogP contribution >= 0.6 is 0 Å². The number of benzene rings is 1. The Bertz CT molecular complexity index is 842. The lowest BCUT2D eigenvalue weighted by Gasteiger charge is -2.24. The fraction of sp³-hybridized carbons (Fsp3) is 0.476. The predicted molar refractivity (Wildman–Crippen MR) is 101 cm³/mol. The van der Waals surface area contributed by atoms with Crippen LogP contribution in [0.2, 0.25) is 0 Å². The van der Waals surface area contributed by atoms with E-state index in [-0.39, 0.29) is 0 Å². The molecule has 3 atom stereocenters. The maximum atomic E-state index is 4.88. The molecule has 0 amide bonds. The molecule has 2 aliphatic carbocycles. The zero-order valence-corrected chi connectivity index (χ0v) is 14.7. The number of rotatable bonds is 4. The first kappa shape index (κ1) is 15.1. The summed E-state index contributed by atoms with van der Waals surface area (Å²) in [6.07, 6.45) is 9.04. The summed E-state index contributed by atoms with van der Waals surface area (Å²) in [5.74, 6) is 3.60. The van der Waals surface area contributed by atoms with Gasteiger partial charge in [0.2, 0.25) is 0 Å². The molecular weight excluding hydrogens is 308 g/mol. The van der Waals surface area contributed by atoms with Gasteiger partial charge in [0, 0.05) is 25.1 Å². The first-order valence-corrected chi connectivity index (χ1v) is 9.49. The van der Waals surface area contributed by atoms with E-state index in [4.69, 9.17) is 9.97 Å². The van der Waals surface area contributed by atoms with Crippen molar-refractivity contribution in [3.8, 4) is 0 Å². The largest absolute Gasteiger partial charge is 0.365 e. The van der Waals surface area contributed by atoms with Crippen molar-refractivity contribution in [2.45, 2.75) is 51.5 Å². The van der Waals surface area contributed by atoms with E-state index >= 15 is 0 Å². The zero-order valence-electron chi connectivity index (χ0n) is 14.7. The number of aryl methyl sites for hydroxylation is 1. The van der Waals surface area contributed by atoms with Gasteiger partial charge in [0.05, 0.1) is 5.69 Å². The van der Waals surface area contributed by atoms with Crippen molar-refractivity contribution in [2.75, 3.05) is 5.32 Å². The standard InChI is InChI=1S/C21H24N4/c1-13-3-2-4-14(9-13)12-19-23-17-7-8-22-20(17)21(25-19)24-18-11-15-5-6-16(18)10-15/h2-4,8-9,15-16,18H,5-7,10-12H2,1H3,(H,23,24,25). The number of nitrogens with zero attached hydrogens (tertiary/aromatic N) is 3. The zero-order chi connectivity index (χ0) is 16.8. The summed E-state index contributed by atoms with van der Waals surface area (Å²) >= 11 is 0. The minimum Gasteiger partial charge on any atom is -0.365 e. The number of nitrogens with one attached hydrogen (secondary N) is 1. The maximum absolute atomic E-state index is 4.88. The minimum absolute atomic E-state index is 0.570. The Labute approximate surface area is 148 Å². The summed E-state index contributed by atoms with van der Waals surface area (Å²) in [5, 5.41) is 3.75. The second kappa shape index (κ2) is 5.94. The van der Waals surface area contributed by atoms with E-state index in [0.29, 0.717) is 6.04 Å². The number of fused-ring (bicyclic) bond motifs is 3. The second-order valence-electron chi connectivity index (χ2n) is 7.89. The number of anilines is 1. The molecular formula is C21H24N4. The van der Waals surface area contributed by atoms with Crippen LogP contribution in [0.4, 0.5) is 11.5 Å². The first-order chi connectivity index (χ1) is 12.2. The molecule has 0 saturated heterocycles. The van der Waals surface area contributed by atoms with Crippen LogP contribution < -0.4 is 5.32 Å². The lowest BCUT2D eigenvalue weighted by molar-refractivity contribution is 0.439. The van der Waals surface area contributed by atoms with E-state index in [1.54, 1.807) is 0 Å². The Balaban J connectivity index is 1.43. The average Bonchev–Trinajstić information content (AvgIpc) is 3.31. The molecule has 25 heavy (non-hydrogen) atoms. The van der Waals surface area contributed by atoms with Crippen molar-refractivity contribution >= 4 is 17.7 Å². The van der Waals surface area contributed by atoms with Gasteiger partial charge in [-0.25, -0.2) is 9.97 Å². The predicted octanol–water partition coefficient (Wildman–Crippen LogP) is 4.23. The van der Waals surface area contributed by atoms with Crippen molar-refractivity contribution in [1.82, 2.24) is 9.97 Å². The number of aliphatic imine (C=N–C) groups is 1. The number of hydrogen-bond donors (Lipinski definition) is 1. The summed E-state index contributed by atoms with van der Waals surface area (Å²) in [6.45, 7) is 2.13. The molecule has 3 aliphatic rings. The van der Waals surface area contributed by atoms with Crippen LogP contribution in [0.25, 0.3) is 0 Å². The van der Waals surface area contributed by atoms with E-state index in [1.165, 1.54) is 36.8 Å². The third-order valence-electron chi connectivity index (χ3n) is 6.01. The highest BCUT2D eigenvalue weighted by molar-refractivity contribution is 5.80. The molecule has 2 saturated carbocycles. The fourth-order valence-corrected chi connectivity index (χ4v) is 4.84. The average molecular weight is 332 g/mol. The molecule has 3 unspecified atom stereocenters. The molecule has 2 bridgehead atoms. The maximum Gasteiger partial charge on any atom is 0.156 e. The fourth-order valence-electron chi connectivity index (χ4n) is 4.84. The highest BCUT2D eigenvalue weighted by Crippen LogP contribution is 2.46. The molecule has 128 valence electrons. The van der Waals surface area contributed by atoms with E-state index in [2.05, 4.69) is 41.5 Å². The van der Waals surface area contributed by atoms with E-state index in [9.17, 15) is 0 Å². The van der Waals surface area contributed by atoms with Crippen molar-refractivity contribution in [2.24, 2.45) is 16.8 Å². The molecule has 1 aromatic heterocycles. The van der Waals surface area contributed by atoms with Crippen molar-refractivity contribution in [1.29, 1.82) is 0 Å². The monoisotopic (exact) mass is 332 g/mol. The molecule has 5 rings (SSSR count). The van der Waals surface area contributed by atoms with Gasteiger partial charge in [-0.2, -0.15) is 0 Å². The van der Waals surface area contributed by atoms with E-state index < -0.39 is 0 Å². The summed E-state index contributed by atoms with van der Waals surface area (Å²) in [7, 11) is 0. The molecule has 4 nitrogen and oxygen atoms in total. The second-order valence-corrected chi connectivity index (χ2v) is 7.89. The molecule has 1 aliphatic heterocycles. The van der Waals surface area contributed by atoms with Gasteiger partial charge in [0.15, 0.2) is 5.82 Å². The molecule has 1 N–H and O–H groups in total. The van der Waals surface area contributed by atoms with Crippen LogP contribution in [-0.4, -0.2) is 22.2 Å². The van der Waals surface area contributed by atoms with Gasteiger partial charge in [-0.05, 0) is 43.6 Å². The van der Waals surface area contributed by atoms with Gasteiger partial charge < -0.3 is 5.32 Å². The first-order valence-electron chi connectivity index (χ1n) is 9.49. The van der Waals surface area contributed by atoms with Gasteiger partial charge in [-0.15, -0.1) is 0 Å². The van der Waals surface area contributed by atoms with Crippen LogP contribution in [0.5, 0.6) is 0 Å². The Morgan fingerprint density at radius 3 is 2.92 bits per heavy atom. The highest BCUT2D eigenvalue weighted by Gasteiger charge is 2.40. The Morgan fingerprint density at radius 1 is 1.16 bits per heavy atom. The van der Waals surface area contributed by atoms with Crippen LogP contribution in [0.3, 0.4) is 0 Å². The number of aromatic nitrogens is 2. The lowest BCUT2D eigenvalue weighted by atomic mass is 9.95. The summed E-state index contributed by atoms with van der Waals surface area (Å²) in [6, 6.07) is 9.18. The minimum atomic E-state index is 0.570. The molecule has 1 aromatic carbocycles. The third-order valence-corrected chi connectivity index (χ3v) is 6.01. The molecule has 0 spiro atoms. The molecule has 2 aromatic rings. The molecule has 2 heterocycles. The van der Waals surface area contributed by atoms with Gasteiger partial charge >= 0.3 is 0 Å². The molecule has 0 radical (unpaired) electrons. The van der Waals surface area contributed by atoms with Gasteiger partial charge in [0.1, 0.15) is 11.5 Å². The highest BCUT2D eigenvalue weighted by atomic mass is 15.1. The van der Waals surface area contributed by atoms with Crippen LogP contribution in [0.15, 0.2) is 29.3 Å². The van der Waals surface area contributed by atoms with Crippen LogP contribution in [0, 0.1) is 18.8 Å². The van der Waals surface area contributed by atoms with Gasteiger partial charge in [-0.1, -0.05) is 36.2 Å². The van der Waals surface area contributed by atoms with Crippen molar-refractivity contribution in [3.63, 3.8) is 0 Å². The van der Waals surface area contributed by atoms with Gasteiger partial charge in [0.25, 0.3) is 0 Å². The van der Waals surface area contributed by atoms with Gasteiger partial charge in [-0.3, -0.25) is 4.99 Å². The summed E-state index contributed by atoms with van der Waals surface area (Å²) in [4.78, 5) is 14.2. The van der Waals surface area contributed by atoms with E-state index in [0.717, 1.165) is 47.7 Å². The topological polar surface area (TPSA) is 50.2 Å². The lowest BCUT2D eigenvalue weighted by Crippen LogP contribution is -2.26. The van der Waals surface area contributed by atoms with Crippen LogP contribution in [-0.2, 0) is 12.8 Å².